The number of carboxylic acid groups (broad SMARTS) is 1. The van der Waals surface area contributed by atoms with Crippen LogP contribution in [0.25, 0.3) is 0 Å². The third-order valence-corrected chi connectivity index (χ3v) is 3.58. The number of nitrogens with zero attached hydrogens (tertiary/aromatic N) is 1. The van der Waals surface area contributed by atoms with Crippen molar-refractivity contribution < 1.29 is 19.1 Å². The topological polar surface area (TPSA) is 104 Å². The summed E-state index contributed by atoms with van der Waals surface area (Å²) in [5.41, 5.74) is -1.14. The zero-order chi connectivity index (χ0) is 14.8. The molecule has 0 aliphatic heterocycles. The van der Waals surface area contributed by atoms with E-state index in [-0.39, 0.29) is 0 Å². The highest BCUT2D eigenvalue weighted by molar-refractivity contribution is 5.86. The normalized spacial score (nSPS) is 18.5. The molecule has 0 spiro atoms. The number of oxazole rings is 1. The Hall–Kier alpha value is -2.05. The predicted octanol–water partition coefficient (Wildman–Crippen LogP) is 1.74. The number of carbonyl (C=O) groups is 2. The van der Waals surface area contributed by atoms with Crippen LogP contribution in [0.3, 0.4) is 0 Å². The maximum Gasteiger partial charge on any atom is 0.329 e. The van der Waals surface area contributed by atoms with Crippen molar-refractivity contribution in [2.75, 3.05) is 0 Å². The molecule has 0 aromatic carbocycles. The number of hydrogen-bond donors (Lipinski definition) is 3. The largest absolute Gasteiger partial charge is 0.480 e. The smallest absolute Gasteiger partial charge is 0.329 e. The molecule has 110 valence electrons. The van der Waals surface area contributed by atoms with E-state index in [0.29, 0.717) is 24.5 Å². The van der Waals surface area contributed by atoms with E-state index < -0.39 is 23.6 Å². The van der Waals surface area contributed by atoms with Gasteiger partial charge in [-0.15, -0.1) is 0 Å². The maximum atomic E-state index is 11.9. The SMILES string of the molecule is Cc1cnc(C(C)NC(=O)NC2(C(=O)O)CCCC2)o1. The monoisotopic (exact) mass is 281 g/mol. The minimum absolute atomic E-state index is 0.397. The van der Waals surface area contributed by atoms with Gasteiger partial charge in [0.15, 0.2) is 0 Å². The van der Waals surface area contributed by atoms with Gasteiger partial charge < -0.3 is 20.2 Å². The molecule has 7 heteroatoms. The van der Waals surface area contributed by atoms with Crippen LogP contribution in [-0.2, 0) is 4.79 Å². The number of amides is 2. The van der Waals surface area contributed by atoms with Crippen molar-refractivity contribution in [2.24, 2.45) is 0 Å². The third kappa shape index (κ3) is 2.92. The Labute approximate surface area is 116 Å². The average Bonchev–Trinajstić information content (AvgIpc) is 2.98. The van der Waals surface area contributed by atoms with Crippen molar-refractivity contribution in [1.29, 1.82) is 0 Å². The molecule has 0 radical (unpaired) electrons. The molecule has 1 aliphatic carbocycles. The first-order chi connectivity index (χ1) is 9.43. The van der Waals surface area contributed by atoms with E-state index in [1.165, 1.54) is 0 Å². The van der Waals surface area contributed by atoms with Crippen LogP contribution in [0.4, 0.5) is 4.79 Å². The van der Waals surface area contributed by atoms with Crippen LogP contribution >= 0.6 is 0 Å². The molecule has 1 heterocycles. The van der Waals surface area contributed by atoms with Crippen LogP contribution < -0.4 is 10.6 Å². The molecule has 0 bridgehead atoms. The summed E-state index contributed by atoms with van der Waals surface area (Å²) in [7, 11) is 0. The average molecular weight is 281 g/mol. The van der Waals surface area contributed by atoms with E-state index in [2.05, 4.69) is 15.6 Å². The first-order valence-electron chi connectivity index (χ1n) is 6.67. The highest BCUT2D eigenvalue weighted by Crippen LogP contribution is 2.29. The Bertz CT molecular complexity index is 505. The third-order valence-electron chi connectivity index (χ3n) is 3.58. The van der Waals surface area contributed by atoms with Gasteiger partial charge in [-0.3, -0.25) is 0 Å². The lowest BCUT2D eigenvalue weighted by Gasteiger charge is -2.26. The lowest BCUT2D eigenvalue weighted by molar-refractivity contribution is -0.144. The zero-order valence-electron chi connectivity index (χ0n) is 11.6. The molecule has 1 aliphatic rings. The Balaban J connectivity index is 1.96. The van der Waals surface area contributed by atoms with Crippen molar-refractivity contribution in [2.45, 2.75) is 51.1 Å². The number of urea groups is 1. The van der Waals surface area contributed by atoms with Gasteiger partial charge in [-0.1, -0.05) is 12.8 Å². The van der Waals surface area contributed by atoms with Crippen molar-refractivity contribution in [3.8, 4) is 0 Å². The minimum atomic E-state index is -1.14. The fraction of sp³-hybridized carbons (Fsp3) is 0.615. The van der Waals surface area contributed by atoms with Crippen LogP contribution in [0.15, 0.2) is 10.6 Å². The fourth-order valence-electron chi connectivity index (χ4n) is 2.46. The highest BCUT2D eigenvalue weighted by atomic mass is 16.4. The fourth-order valence-corrected chi connectivity index (χ4v) is 2.46. The number of aromatic nitrogens is 1. The molecule has 1 saturated carbocycles. The van der Waals surface area contributed by atoms with Crippen LogP contribution in [-0.4, -0.2) is 27.6 Å². The lowest BCUT2D eigenvalue weighted by atomic mass is 9.98. The number of aliphatic carboxylic acids is 1. The summed E-state index contributed by atoms with van der Waals surface area (Å²) in [6, 6.07) is -0.936. The summed E-state index contributed by atoms with van der Waals surface area (Å²) in [4.78, 5) is 27.3. The minimum Gasteiger partial charge on any atom is -0.480 e. The van der Waals surface area contributed by atoms with Crippen molar-refractivity contribution in [1.82, 2.24) is 15.6 Å². The summed E-state index contributed by atoms with van der Waals surface area (Å²) in [5, 5.41) is 14.5. The van der Waals surface area contributed by atoms with Gasteiger partial charge in [-0.25, -0.2) is 14.6 Å². The second kappa shape index (κ2) is 5.52. The van der Waals surface area contributed by atoms with Gasteiger partial charge in [0.25, 0.3) is 0 Å². The van der Waals surface area contributed by atoms with Gasteiger partial charge in [0.2, 0.25) is 5.89 Å². The number of carboxylic acids is 1. The summed E-state index contributed by atoms with van der Waals surface area (Å²) >= 11 is 0. The molecule has 2 rings (SSSR count). The van der Waals surface area contributed by atoms with Crippen LogP contribution in [0.2, 0.25) is 0 Å². The molecule has 7 nitrogen and oxygen atoms in total. The van der Waals surface area contributed by atoms with Crippen molar-refractivity contribution in [3.05, 3.63) is 17.8 Å². The van der Waals surface area contributed by atoms with E-state index in [4.69, 9.17) is 4.42 Å². The van der Waals surface area contributed by atoms with E-state index in [0.717, 1.165) is 12.8 Å². The second-order valence-corrected chi connectivity index (χ2v) is 5.22. The van der Waals surface area contributed by atoms with Crippen molar-refractivity contribution >= 4 is 12.0 Å². The van der Waals surface area contributed by atoms with Gasteiger partial charge in [-0.05, 0) is 26.7 Å². The van der Waals surface area contributed by atoms with E-state index in [9.17, 15) is 14.7 Å². The Kier molecular flexibility index (Phi) is 3.96. The Morgan fingerprint density at radius 1 is 1.45 bits per heavy atom. The van der Waals surface area contributed by atoms with Gasteiger partial charge in [0.05, 0.1) is 6.20 Å². The number of carbonyl (C=O) groups excluding carboxylic acids is 1. The molecule has 1 aromatic rings. The molecule has 20 heavy (non-hydrogen) atoms. The summed E-state index contributed by atoms with van der Waals surface area (Å²) in [6.45, 7) is 3.49. The van der Waals surface area contributed by atoms with E-state index >= 15 is 0 Å². The lowest BCUT2D eigenvalue weighted by Crippen LogP contribution is -2.55. The van der Waals surface area contributed by atoms with Crippen LogP contribution in [0, 0.1) is 6.92 Å². The summed E-state index contributed by atoms with van der Waals surface area (Å²) in [5.74, 6) is 0.0741. The van der Waals surface area contributed by atoms with Gasteiger partial charge >= 0.3 is 12.0 Å². The molecular weight excluding hydrogens is 262 g/mol. The molecule has 1 aromatic heterocycles. The molecule has 1 atom stereocenters. The quantitative estimate of drug-likeness (QED) is 0.779. The molecular formula is C13H19N3O4. The highest BCUT2D eigenvalue weighted by Gasteiger charge is 2.42. The Morgan fingerprint density at radius 3 is 2.60 bits per heavy atom. The number of rotatable bonds is 4. The number of hydrogen-bond acceptors (Lipinski definition) is 4. The first-order valence-corrected chi connectivity index (χ1v) is 6.67. The number of nitrogens with one attached hydrogen (secondary N) is 2. The summed E-state index contributed by atoms with van der Waals surface area (Å²) in [6.07, 6.45) is 4.10. The summed E-state index contributed by atoms with van der Waals surface area (Å²) < 4.78 is 5.32. The predicted molar refractivity (Wildman–Crippen MR) is 70.2 cm³/mol. The Morgan fingerprint density at radius 2 is 2.10 bits per heavy atom. The second-order valence-electron chi connectivity index (χ2n) is 5.22. The van der Waals surface area contributed by atoms with E-state index in [1.54, 1.807) is 20.0 Å². The van der Waals surface area contributed by atoms with Crippen LogP contribution in [0.5, 0.6) is 0 Å². The zero-order valence-corrected chi connectivity index (χ0v) is 11.6. The molecule has 3 N–H and O–H groups in total. The molecule has 1 unspecified atom stereocenters. The van der Waals surface area contributed by atoms with E-state index in [1.807, 2.05) is 0 Å². The molecule has 0 saturated heterocycles. The van der Waals surface area contributed by atoms with Crippen LogP contribution in [0.1, 0.15) is 50.3 Å². The van der Waals surface area contributed by atoms with Crippen molar-refractivity contribution in [3.63, 3.8) is 0 Å². The number of aryl methyl sites for hydroxylation is 1. The molecule has 2 amide bonds. The van der Waals surface area contributed by atoms with Gasteiger partial charge in [-0.2, -0.15) is 0 Å². The maximum absolute atomic E-state index is 11.9. The molecule has 1 fully saturated rings. The van der Waals surface area contributed by atoms with Gasteiger partial charge in [0.1, 0.15) is 17.3 Å². The standard InChI is InChI=1S/C13H19N3O4/c1-8-7-14-10(20-8)9(2)15-12(19)16-13(11(17)18)5-3-4-6-13/h7,9H,3-6H2,1-2H3,(H,17,18)(H2,15,16,19). The first kappa shape index (κ1) is 14.4. The van der Waals surface area contributed by atoms with Gasteiger partial charge in [0, 0.05) is 0 Å².